The molecule has 0 aliphatic carbocycles. The largest absolute Gasteiger partial charge is 0.392 e. The number of nitrogens with two attached hydrogens (primary N) is 1. The Balaban J connectivity index is 2.42. The summed E-state index contributed by atoms with van der Waals surface area (Å²) in [7, 11) is -1.53. The maximum absolute atomic E-state index is 10.8. The molecule has 6 heteroatoms. The van der Waals surface area contributed by atoms with Crippen molar-refractivity contribution >= 4 is 10.0 Å². The van der Waals surface area contributed by atoms with Gasteiger partial charge in [0.05, 0.1) is 11.9 Å². The van der Waals surface area contributed by atoms with Crippen LogP contribution < -0.4 is 5.14 Å². The quantitative estimate of drug-likeness (QED) is 0.640. The third kappa shape index (κ3) is 3.91. The van der Waals surface area contributed by atoms with E-state index in [-0.39, 0.29) is 11.7 Å². The molecule has 0 aromatic heterocycles. The zero-order valence-corrected chi connectivity index (χ0v) is 9.20. The van der Waals surface area contributed by atoms with Crippen LogP contribution in [-0.4, -0.2) is 50.4 Å². The maximum atomic E-state index is 10.8. The number of piperidine rings is 1. The van der Waals surface area contributed by atoms with Gasteiger partial charge in [0.25, 0.3) is 0 Å². The summed E-state index contributed by atoms with van der Waals surface area (Å²) in [5, 5.41) is 14.5. The zero-order valence-electron chi connectivity index (χ0n) is 8.39. The fourth-order valence-electron chi connectivity index (χ4n) is 1.79. The highest BCUT2D eigenvalue weighted by atomic mass is 32.2. The van der Waals surface area contributed by atoms with Crippen LogP contribution >= 0.6 is 0 Å². The second-order valence-corrected chi connectivity index (χ2v) is 5.70. The second kappa shape index (κ2) is 4.57. The summed E-state index contributed by atoms with van der Waals surface area (Å²) < 4.78 is 21.5. The minimum atomic E-state index is -3.55. The number of rotatable bonds is 3. The van der Waals surface area contributed by atoms with E-state index >= 15 is 0 Å². The average molecular weight is 222 g/mol. The molecule has 1 heterocycles. The number of likely N-dealkylation sites (tertiary alicyclic amines) is 1. The van der Waals surface area contributed by atoms with Gasteiger partial charge in [0.15, 0.2) is 0 Å². The normalized spacial score (nSPS) is 23.6. The molecule has 5 nitrogen and oxygen atoms in total. The number of aliphatic hydroxyl groups is 1. The predicted octanol–water partition coefficient (Wildman–Crippen LogP) is -1.02. The molecule has 3 N–H and O–H groups in total. The summed E-state index contributed by atoms with van der Waals surface area (Å²) in [5.41, 5.74) is 0. The molecule has 1 unspecified atom stereocenters. The van der Waals surface area contributed by atoms with E-state index in [1.54, 1.807) is 0 Å². The molecule has 1 fully saturated rings. The van der Waals surface area contributed by atoms with Gasteiger partial charge < -0.3 is 10.0 Å². The summed E-state index contributed by atoms with van der Waals surface area (Å²) in [6, 6.07) is 0. The van der Waals surface area contributed by atoms with Crippen molar-refractivity contribution in [2.24, 2.45) is 11.1 Å². The number of sulfonamides is 1. The van der Waals surface area contributed by atoms with Gasteiger partial charge in [-0.1, -0.05) is 0 Å². The predicted molar refractivity (Wildman–Crippen MR) is 54.2 cm³/mol. The molecule has 84 valence electrons. The van der Waals surface area contributed by atoms with Crippen molar-refractivity contribution in [1.29, 1.82) is 0 Å². The van der Waals surface area contributed by atoms with Crippen LogP contribution in [0.1, 0.15) is 12.8 Å². The fourth-order valence-corrected chi connectivity index (χ4v) is 2.54. The van der Waals surface area contributed by atoms with E-state index in [9.17, 15) is 13.5 Å². The summed E-state index contributed by atoms with van der Waals surface area (Å²) in [6.07, 6.45) is 0.874. The van der Waals surface area contributed by atoms with Crippen LogP contribution in [0, 0.1) is 5.92 Å². The third-order valence-corrected chi connectivity index (χ3v) is 3.52. The van der Waals surface area contributed by atoms with Crippen LogP contribution in [0.4, 0.5) is 0 Å². The van der Waals surface area contributed by atoms with Gasteiger partial charge in [-0.05, 0) is 38.9 Å². The van der Waals surface area contributed by atoms with E-state index in [1.165, 1.54) is 0 Å². The van der Waals surface area contributed by atoms with Crippen LogP contribution in [0.5, 0.6) is 0 Å². The summed E-state index contributed by atoms with van der Waals surface area (Å²) in [4.78, 5) is 2.17. The van der Waals surface area contributed by atoms with E-state index in [0.29, 0.717) is 0 Å². The molecule has 0 radical (unpaired) electrons. The van der Waals surface area contributed by atoms with Gasteiger partial charge in [-0.2, -0.15) is 0 Å². The topological polar surface area (TPSA) is 83.6 Å². The zero-order chi connectivity index (χ0) is 10.8. The Morgan fingerprint density at radius 1 is 1.50 bits per heavy atom. The molecule has 1 aliphatic rings. The van der Waals surface area contributed by atoms with E-state index in [4.69, 9.17) is 5.14 Å². The first-order valence-corrected chi connectivity index (χ1v) is 6.47. The molecule has 0 saturated carbocycles. The van der Waals surface area contributed by atoms with Crippen LogP contribution in [0.2, 0.25) is 0 Å². The van der Waals surface area contributed by atoms with E-state index in [1.807, 2.05) is 7.05 Å². The van der Waals surface area contributed by atoms with E-state index in [0.717, 1.165) is 25.9 Å². The minimum absolute atomic E-state index is 0.0736. The Kier molecular flexibility index (Phi) is 3.88. The number of hydrogen-bond donors (Lipinski definition) is 2. The van der Waals surface area contributed by atoms with Gasteiger partial charge in [0, 0.05) is 0 Å². The van der Waals surface area contributed by atoms with Crippen molar-refractivity contribution in [3.63, 3.8) is 0 Å². The molecule has 0 bridgehead atoms. The van der Waals surface area contributed by atoms with Crippen molar-refractivity contribution in [2.75, 3.05) is 25.9 Å². The van der Waals surface area contributed by atoms with E-state index in [2.05, 4.69) is 4.90 Å². The Morgan fingerprint density at radius 3 is 2.43 bits per heavy atom. The lowest BCUT2D eigenvalue weighted by molar-refractivity contribution is 0.0818. The first kappa shape index (κ1) is 11.9. The number of hydrogen-bond acceptors (Lipinski definition) is 4. The standard InChI is InChI=1S/C8H18N2O3S/c1-10-4-2-7(3-5-10)8(11)6-14(9,12)13/h7-8,11H,2-6H2,1H3,(H2,9,12,13). The molecule has 0 aromatic carbocycles. The maximum Gasteiger partial charge on any atom is 0.211 e. The molecule has 0 amide bonds. The fraction of sp³-hybridized carbons (Fsp3) is 1.00. The molecule has 0 spiro atoms. The summed E-state index contributed by atoms with van der Waals surface area (Å²) in [5.74, 6) is -0.244. The van der Waals surface area contributed by atoms with Gasteiger partial charge in [-0.15, -0.1) is 0 Å². The van der Waals surface area contributed by atoms with Crippen molar-refractivity contribution in [1.82, 2.24) is 4.90 Å². The molecule has 0 aromatic rings. The van der Waals surface area contributed by atoms with E-state index < -0.39 is 16.1 Å². The third-order valence-electron chi connectivity index (χ3n) is 2.71. The Hall–Kier alpha value is -0.170. The lowest BCUT2D eigenvalue weighted by Gasteiger charge is -2.31. The van der Waals surface area contributed by atoms with Crippen LogP contribution in [0.15, 0.2) is 0 Å². The summed E-state index contributed by atoms with van der Waals surface area (Å²) >= 11 is 0. The van der Waals surface area contributed by atoms with Crippen molar-refractivity contribution in [3.05, 3.63) is 0 Å². The highest BCUT2D eigenvalue weighted by molar-refractivity contribution is 7.89. The Labute approximate surface area is 84.9 Å². The SMILES string of the molecule is CN1CCC(C(O)CS(N)(=O)=O)CC1. The lowest BCUT2D eigenvalue weighted by atomic mass is 9.92. The average Bonchev–Trinajstić information content (AvgIpc) is 2.02. The first-order valence-electron chi connectivity index (χ1n) is 4.75. The van der Waals surface area contributed by atoms with Gasteiger partial charge in [0.2, 0.25) is 10.0 Å². The van der Waals surface area contributed by atoms with Crippen LogP contribution in [0.25, 0.3) is 0 Å². The van der Waals surface area contributed by atoms with Crippen molar-refractivity contribution in [3.8, 4) is 0 Å². The molecule has 1 saturated heterocycles. The number of nitrogens with zero attached hydrogens (tertiary/aromatic N) is 1. The number of aliphatic hydroxyl groups excluding tert-OH is 1. The van der Waals surface area contributed by atoms with Crippen LogP contribution in [-0.2, 0) is 10.0 Å². The lowest BCUT2D eigenvalue weighted by Crippen LogP contribution is -2.39. The van der Waals surface area contributed by atoms with Gasteiger partial charge in [-0.3, -0.25) is 0 Å². The van der Waals surface area contributed by atoms with Crippen molar-refractivity contribution in [2.45, 2.75) is 18.9 Å². The van der Waals surface area contributed by atoms with Crippen molar-refractivity contribution < 1.29 is 13.5 Å². The highest BCUT2D eigenvalue weighted by Gasteiger charge is 2.26. The monoisotopic (exact) mass is 222 g/mol. The Bertz CT molecular complexity index is 270. The van der Waals surface area contributed by atoms with Gasteiger partial charge >= 0.3 is 0 Å². The molecular formula is C8H18N2O3S. The number of primary sulfonamides is 1. The molecule has 1 aliphatic heterocycles. The smallest absolute Gasteiger partial charge is 0.211 e. The molecule has 1 rings (SSSR count). The van der Waals surface area contributed by atoms with Gasteiger partial charge in [-0.25, -0.2) is 13.6 Å². The molecular weight excluding hydrogens is 204 g/mol. The second-order valence-electron chi connectivity index (χ2n) is 4.04. The highest BCUT2D eigenvalue weighted by Crippen LogP contribution is 2.20. The molecule has 1 atom stereocenters. The summed E-state index contributed by atoms with van der Waals surface area (Å²) in [6.45, 7) is 1.82. The van der Waals surface area contributed by atoms with Gasteiger partial charge in [0.1, 0.15) is 0 Å². The van der Waals surface area contributed by atoms with Crippen LogP contribution in [0.3, 0.4) is 0 Å². The molecule has 14 heavy (non-hydrogen) atoms. The Morgan fingerprint density at radius 2 is 2.00 bits per heavy atom. The first-order chi connectivity index (χ1) is 6.38. The minimum Gasteiger partial charge on any atom is -0.392 e.